The highest BCUT2D eigenvalue weighted by molar-refractivity contribution is 9.10. The molecule has 1 heterocycles. The summed E-state index contributed by atoms with van der Waals surface area (Å²) in [6.07, 6.45) is 0.331. The maximum atomic E-state index is 10.8. The van der Waals surface area contributed by atoms with Crippen molar-refractivity contribution in [3.05, 3.63) is 33.9 Å². The number of para-hydroxylation sites is 1. The monoisotopic (exact) mass is 296 g/mol. The largest absolute Gasteiger partial charge is 0.480 e. The summed E-state index contributed by atoms with van der Waals surface area (Å²) in [4.78, 5) is 14.0. The molecule has 0 aliphatic carbocycles. The van der Waals surface area contributed by atoms with Crippen molar-refractivity contribution < 1.29 is 9.90 Å². The zero-order valence-corrected chi connectivity index (χ0v) is 10.9. The maximum absolute atomic E-state index is 10.8. The average molecular weight is 297 g/mol. The normalized spacial score (nSPS) is 12.9. The van der Waals surface area contributed by atoms with Gasteiger partial charge < -0.3 is 15.8 Å². The number of hydrogen-bond acceptors (Lipinski definition) is 2. The Morgan fingerprint density at radius 1 is 1.59 bits per heavy atom. The molecule has 0 saturated heterocycles. The maximum Gasteiger partial charge on any atom is 0.320 e. The van der Waals surface area contributed by atoms with E-state index in [1.165, 1.54) is 0 Å². The second-order valence-electron chi connectivity index (χ2n) is 4.04. The predicted octanol–water partition coefficient (Wildman–Crippen LogP) is 2.19. The fourth-order valence-electron chi connectivity index (χ4n) is 1.94. The average Bonchev–Trinajstić information content (AvgIpc) is 2.58. The number of carbonyl (C=O) groups is 1. The van der Waals surface area contributed by atoms with Crippen LogP contribution in [0.2, 0.25) is 0 Å². The first kappa shape index (κ1) is 12.1. The third-order valence-corrected chi connectivity index (χ3v) is 3.51. The van der Waals surface area contributed by atoms with Gasteiger partial charge in [0.2, 0.25) is 0 Å². The molecule has 0 bridgehead atoms. The van der Waals surface area contributed by atoms with Gasteiger partial charge in [0.05, 0.1) is 5.52 Å². The van der Waals surface area contributed by atoms with Crippen molar-refractivity contribution in [2.75, 3.05) is 0 Å². The number of carboxylic acid groups (broad SMARTS) is 1. The smallest absolute Gasteiger partial charge is 0.320 e. The number of nitrogens with one attached hydrogen (secondary N) is 1. The summed E-state index contributed by atoms with van der Waals surface area (Å²) in [5.41, 5.74) is 8.49. The van der Waals surface area contributed by atoms with Crippen LogP contribution < -0.4 is 5.73 Å². The number of aromatic nitrogens is 1. The summed E-state index contributed by atoms with van der Waals surface area (Å²) >= 11 is 3.46. The Hall–Kier alpha value is -1.33. The van der Waals surface area contributed by atoms with Crippen LogP contribution in [0.25, 0.3) is 10.9 Å². The van der Waals surface area contributed by atoms with Crippen LogP contribution in [0.5, 0.6) is 0 Å². The van der Waals surface area contributed by atoms with E-state index in [1.807, 2.05) is 25.1 Å². The SMILES string of the molecule is Cc1[nH]c2c(Br)cccc2c1CC(N)C(=O)O. The first-order valence-electron chi connectivity index (χ1n) is 5.24. The van der Waals surface area contributed by atoms with E-state index in [2.05, 4.69) is 20.9 Å². The molecule has 4 N–H and O–H groups in total. The molecule has 4 nitrogen and oxygen atoms in total. The Balaban J connectivity index is 2.50. The van der Waals surface area contributed by atoms with Crippen molar-refractivity contribution in [2.24, 2.45) is 5.73 Å². The second-order valence-corrected chi connectivity index (χ2v) is 4.89. The number of aryl methyl sites for hydroxylation is 1. The summed E-state index contributed by atoms with van der Waals surface area (Å²) in [6, 6.07) is 4.97. The lowest BCUT2D eigenvalue weighted by atomic mass is 10.0. The number of benzene rings is 1. The van der Waals surface area contributed by atoms with Crippen LogP contribution in [0.15, 0.2) is 22.7 Å². The zero-order valence-electron chi connectivity index (χ0n) is 9.33. The van der Waals surface area contributed by atoms with Crippen LogP contribution in [-0.2, 0) is 11.2 Å². The van der Waals surface area contributed by atoms with Crippen LogP contribution in [-0.4, -0.2) is 22.1 Å². The molecule has 0 saturated carbocycles. The van der Waals surface area contributed by atoms with Crippen molar-refractivity contribution in [1.29, 1.82) is 0 Å². The molecule has 1 unspecified atom stereocenters. The van der Waals surface area contributed by atoms with Crippen LogP contribution in [0.4, 0.5) is 0 Å². The van der Waals surface area contributed by atoms with E-state index >= 15 is 0 Å². The highest BCUT2D eigenvalue weighted by atomic mass is 79.9. The Morgan fingerprint density at radius 3 is 2.94 bits per heavy atom. The van der Waals surface area contributed by atoms with Crippen LogP contribution in [0.3, 0.4) is 0 Å². The fourth-order valence-corrected chi connectivity index (χ4v) is 2.40. The third-order valence-electron chi connectivity index (χ3n) is 2.85. The fraction of sp³-hybridized carbons (Fsp3) is 0.250. The van der Waals surface area contributed by atoms with Crippen molar-refractivity contribution in [3.63, 3.8) is 0 Å². The number of H-pyrrole nitrogens is 1. The molecule has 0 radical (unpaired) electrons. The molecule has 1 aromatic carbocycles. The molecule has 5 heteroatoms. The van der Waals surface area contributed by atoms with Crippen molar-refractivity contribution in [2.45, 2.75) is 19.4 Å². The Morgan fingerprint density at radius 2 is 2.29 bits per heavy atom. The number of halogens is 1. The molecule has 1 atom stereocenters. The van der Waals surface area contributed by atoms with Gasteiger partial charge in [-0.25, -0.2) is 0 Å². The van der Waals surface area contributed by atoms with Gasteiger partial charge in [0.15, 0.2) is 0 Å². The van der Waals surface area contributed by atoms with Crippen LogP contribution in [0.1, 0.15) is 11.3 Å². The minimum Gasteiger partial charge on any atom is -0.480 e. The second kappa shape index (κ2) is 4.50. The molecule has 0 amide bonds. The van der Waals surface area contributed by atoms with Gasteiger partial charge in [0.1, 0.15) is 6.04 Å². The van der Waals surface area contributed by atoms with Gasteiger partial charge in [-0.1, -0.05) is 12.1 Å². The minimum atomic E-state index is -0.978. The van der Waals surface area contributed by atoms with Gasteiger partial charge in [-0.05, 0) is 34.5 Å². The van der Waals surface area contributed by atoms with E-state index in [0.29, 0.717) is 6.42 Å². The predicted molar refractivity (Wildman–Crippen MR) is 70.1 cm³/mol. The van der Waals surface area contributed by atoms with Crippen LogP contribution in [0, 0.1) is 6.92 Å². The summed E-state index contributed by atoms with van der Waals surface area (Å²) in [6.45, 7) is 1.93. The summed E-state index contributed by atoms with van der Waals surface area (Å²) in [7, 11) is 0. The molecule has 0 fully saturated rings. The van der Waals surface area contributed by atoms with Crippen molar-refractivity contribution >= 4 is 32.8 Å². The van der Waals surface area contributed by atoms with Gasteiger partial charge in [-0.3, -0.25) is 4.79 Å². The lowest BCUT2D eigenvalue weighted by Gasteiger charge is -2.06. The Kier molecular flexibility index (Phi) is 3.22. The third kappa shape index (κ3) is 2.21. The van der Waals surface area contributed by atoms with Gasteiger partial charge in [0.25, 0.3) is 0 Å². The number of nitrogens with two attached hydrogens (primary N) is 1. The Labute approximate surface area is 107 Å². The standard InChI is InChI=1S/C12H13BrN2O2/c1-6-8(5-10(14)12(16)17)7-3-2-4-9(13)11(7)15-6/h2-4,10,15H,5,14H2,1H3,(H,16,17). The lowest BCUT2D eigenvalue weighted by Crippen LogP contribution is -2.32. The van der Waals surface area contributed by atoms with Gasteiger partial charge in [-0.2, -0.15) is 0 Å². The molecule has 0 aliphatic heterocycles. The molecule has 0 aliphatic rings. The number of fused-ring (bicyclic) bond motifs is 1. The minimum absolute atomic E-state index is 0.331. The quantitative estimate of drug-likeness (QED) is 0.812. The number of aliphatic carboxylic acids is 1. The molecular formula is C12H13BrN2O2. The van der Waals surface area contributed by atoms with Gasteiger partial charge in [-0.15, -0.1) is 0 Å². The summed E-state index contributed by atoms with van der Waals surface area (Å²) in [5.74, 6) is -0.978. The summed E-state index contributed by atoms with van der Waals surface area (Å²) < 4.78 is 0.966. The molecular weight excluding hydrogens is 284 g/mol. The zero-order chi connectivity index (χ0) is 12.6. The highest BCUT2D eigenvalue weighted by Gasteiger charge is 2.17. The first-order valence-corrected chi connectivity index (χ1v) is 6.04. The van der Waals surface area contributed by atoms with E-state index < -0.39 is 12.0 Å². The van der Waals surface area contributed by atoms with E-state index in [-0.39, 0.29) is 0 Å². The molecule has 1 aromatic heterocycles. The molecule has 17 heavy (non-hydrogen) atoms. The lowest BCUT2D eigenvalue weighted by molar-refractivity contribution is -0.138. The summed E-state index contributed by atoms with van der Waals surface area (Å²) in [5, 5.41) is 9.88. The topological polar surface area (TPSA) is 79.1 Å². The molecule has 90 valence electrons. The van der Waals surface area contributed by atoms with Crippen molar-refractivity contribution in [1.82, 2.24) is 4.98 Å². The van der Waals surface area contributed by atoms with E-state index in [0.717, 1.165) is 26.6 Å². The number of aromatic amines is 1. The highest BCUT2D eigenvalue weighted by Crippen LogP contribution is 2.28. The number of rotatable bonds is 3. The van der Waals surface area contributed by atoms with Crippen molar-refractivity contribution in [3.8, 4) is 0 Å². The van der Waals surface area contributed by atoms with Gasteiger partial charge in [0, 0.05) is 22.0 Å². The number of hydrogen-bond donors (Lipinski definition) is 3. The van der Waals surface area contributed by atoms with E-state index in [9.17, 15) is 4.79 Å². The van der Waals surface area contributed by atoms with Gasteiger partial charge >= 0.3 is 5.97 Å². The molecule has 0 spiro atoms. The Bertz CT molecular complexity index is 577. The number of carboxylic acids is 1. The molecule has 2 aromatic rings. The first-order chi connectivity index (χ1) is 8.00. The van der Waals surface area contributed by atoms with E-state index in [1.54, 1.807) is 0 Å². The van der Waals surface area contributed by atoms with E-state index in [4.69, 9.17) is 10.8 Å². The van der Waals surface area contributed by atoms with Crippen LogP contribution >= 0.6 is 15.9 Å². The molecule has 2 rings (SSSR count).